The summed E-state index contributed by atoms with van der Waals surface area (Å²) in [4.78, 5) is 11.1. The second-order valence-corrected chi connectivity index (χ2v) is 5.72. The molecular weight excluding hydrogens is 224 g/mol. The van der Waals surface area contributed by atoms with Crippen LogP contribution in [0, 0.1) is 11.8 Å². The third kappa shape index (κ3) is 2.57. The second-order valence-electron chi connectivity index (χ2n) is 5.72. The summed E-state index contributed by atoms with van der Waals surface area (Å²) in [5.74, 6) is 4.15. The summed E-state index contributed by atoms with van der Waals surface area (Å²) in [7, 11) is 4.06. The van der Waals surface area contributed by atoms with Crippen LogP contribution in [0.5, 0.6) is 0 Å². The molecule has 1 aliphatic rings. The minimum atomic E-state index is 0.419. The summed E-state index contributed by atoms with van der Waals surface area (Å²) in [5, 5.41) is 3.17. The van der Waals surface area contributed by atoms with Gasteiger partial charge in [0.15, 0.2) is 0 Å². The summed E-state index contributed by atoms with van der Waals surface area (Å²) in [6, 6.07) is 0. The van der Waals surface area contributed by atoms with Crippen molar-refractivity contribution in [2.24, 2.45) is 11.8 Å². The standard InChI is InChI=1S/C14H24N4/c1-9(2)12-13(15-4)16-8-17-14(12)18(5)7-11-6-10(11)3/h8-11H,6-7H2,1-5H3,(H,15,16,17). The maximum absolute atomic E-state index is 4.49. The van der Waals surface area contributed by atoms with Crippen molar-refractivity contribution < 1.29 is 0 Å². The topological polar surface area (TPSA) is 41.1 Å². The van der Waals surface area contributed by atoms with Gasteiger partial charge in [-0.2, -0.15) is 0 Å². The quantitative estimate of drug-likeness (QED) is 0.870. The second kappa shape index (κ2) is 5.12. The molecule has 1 fully saturated rings. The van der Waals surface area contributed by atoms with Crippen molar-refractivity contribution in [2.75, 3.05) is 30.9 Å². The Bertz CT molecular complexity index is 416. The Labute approximate surface area is 110 Å². The number of rotatable bonds is 5. The first-order valence-electron chi connectivity index (χ1n) is 6.78. The van der Waals surface area contributed by atoms with Crippen molar-refractivity contribution in [1.82, 2.24) is 9.97 Å². The van der Waals surface area contributed by atoms with Crippen LogP contribution in [-0.4, -0.2) is 30.6 Å². The fraction of sp³-hybridized carbons (Fsp3) is 0.714. The molecule has 4 nitrogen and oxygen atoms in total. The average Bonchev–Trinajstić information content (AvgIpc) is 3.03. The van der Waals surface area contributed by atoms with Crippen LogP contribution in [0.25, 0.3) is 0 Å². The van der Waals surface area contributed by atoms with Gasteiger partial charge >= 0.3 is 0 Å². The van der Waals surface area contributed by atoms with Gasteiger partial charge in [0.05, 0.1) is 0 Å². The van der Waals surface area contributed by atoms with Gasteiger partial charge in [-0.15, -0.1) is 0 Å². The van der Waals surface area contributed by atoms with Crippen LogP contribution in [0.15, 0.2) is 6.33 Å². The van der Waals surface area contributed by atoms with E-state index >= 15 is 0 Å². The molecule has 100 valence electrons. The van der Waals surface area contributed by atoms with E-state index in [0.29, 0.717) is 5.92 Å². The van der Waals surface area contributed by atoms with Crippen molar-refractivity contribution in [3.05, 3.63) is 11.9 Å². The first-order valence-corrected chi connectivity index (χ1v) is 6.78. The molecule has 0 radical (unpaired) electrons. The average molecular weight is 248 g/mol. The highest BCUT2D eigenvalue weighted by atomic mass is 15.2. The molecular formula is C14H24N4. The third-order valence-corrected chi connectivity index (χ3v) is 3.82. The lowest BCUT2D eigenvalue weighted by Crippen LogP contribution is -2.24. The molecule has 1 saturated carbocycles. The SMILES string of the molecule is CNc1ncnc(N(C)CC2CC2C)c1C(C)C. The Morgan fingerprint density at radius 3 is 2.61 bits per heavy atom. The summed E-state index contributed by atoms with van der Waals surface area (Å²) in [6.45, 7) is 7.80. The number of anilines is 2. The van der Waals surface area contributed by atoms with Gasteiger partial charge in [-0.25, -0.2) is 9.97 Å². The number of aromatic nitrogens is 2. The zero-order valence-electron chi connectivity index (χ0n) is 12.1. The molecule has 1 aromatic rings. The monoisotopic (exact) mass is 248 g/mol. The highest BCUT2D eigenvalue weighted by Crippen LogP contribution is 2.39. The molecule has 2 atom stereocenters. The van der Waals surface area contributed by atoms with Crippen molar-refractivity contribution in [1.29, 1.82) is 0 Å². The predicted octanol–water partition coefficient (Wildman–Crippen LogP) is 2.73. The Hall–Kier alpha value is -1.32. The van der Waals surface area contributed by atoms with Gasteiger partial charge in [-0.1, -0.05) is 20.8 Å². The molecule has 0 aromatic carbocycles. The largest absolute Gasteiger partial charge is 0.373 e. The minimum absolute atomic E-state index is 0.419. The van der Waals surface area contributed by atoms with E-state index < -0.39 is 0 Å². The number of hydrogen-bond donors (Lipinski definition) is 1. The van der Waals surface area contributed by atoms with Gasteiger partial charge in [-0.3, -0.25) is 0 Å². The molecule has 0 amide bonds. The maximum atomic E-state index is 4.49. The fourth-order valence-corrected chi connectivity index (χ4v) is 2.51. The molecule has 0 bridgehead atoms. The van der Waals surface area contributed by atoms with E-state index in [1.807, 2.05) is 7.05 Å². The first kappa shape index (κ1) is 13.1. The first-order chi connectivity index (χ1) is 8.54. The van der Waals surface area contributed by atoms with Crippen LogP contribution in [0.2, 0.25) is 0 Å². The maximum Gasteiger partial charge on any atom is 0.137 e. The minimum Gasteiger partial charge on any atom is -0.373 e. The Kier molecular flexibility index (Phi) is 3.73. The molecule has 1 heterocycles. The van der Waals surface area contributed by atoms with E-state index in [1.54, 1.807) is 6.33 Å². The number of nitrogens with one attached hydrogen (secondary N) is 1. The summed E-state index contributed by atoms with van der Waals surface area (Å²) >= 11 is 0. The van der Waals surface area contributed by atoms with Gasteiger partial charge in [-0.05, 0) is 24.2 Å². The summed E-state index contributed by atoms with van der Waals surface area (Å²) in [6.07, 6.45) is 3.01. The lowest BCUT2D eigenvalue weighted by atomic mass is 10.0. The van der Waals surface area contributed by atoms with E-state index in [4.69, 9.17) is 0 Å². The summed E-state index contributed by atoms with van der Waals surface area (Å²) in [5.41, 5.74) is 1.22. The van der Waals surface area contributed by atoms with Crippen LogP contribution in [-0.2, 0) is 0 Å². The van der Waals surface area contributed by atoms with Crippen LogP contribution < -0.4 is 10.2 Å². The summed E-state index contributed by atoms with van der Waals surface area (Å²) < 4.78 is 0. The number of nitrogens with zero attached hydrogens (tertiary/aromatic N) is 3. The van der Waals surface area contributed by atoms with Gasteiger partial charge in [0.1, 0.15) is 18.0 Å². The molecule has 2 unspecified atom stereocenters. The van der Waals surface area contributed by atoms with Crippen LogP contribution in [0.3, 0.4) is 0 Å². The predicted molar refractivity (Wildman–Crippen MR) is 76.2 cm³/mol. The zero-order valence-corrected chi connectivity index (χ0v) is 12.1. The Morgan fingerprint density at radius 1 is 1.44 bits per heavy atom. The van der Waals surface area contributed by atoms with E-state index in [2.05, 4.69) is 48.0 Å². The van der Waals surface area contributed by atoms with E-state index in [0.717, 1.165) is 30.0 Å². The van der Waals surface area contributed by atoms with Crippen molar-refractivity contribution >= 4 is 11.6 Å². The van der Waals surface area contributed by atoms with Crippen LogP contribution in [0.1, 0.15) is 38.7 Å². The molecule has 4 heteroatoms. The van der Waals surface area contributed by atoms with Crippen LogP contribution in [0.4, 0.5) is 11.6 Å². The number of hydrogen-bond acceptors (Lipinski definition) is 4. The lowest BCUT2D eigenvalue weighted by molar-refractivity contribution is 0.710. The molecule has 1 aliphatic carbocycles. The molecule has 1 N–H and O–H groups in total. The van der Waals surface area contributed by atoms with Gasteiger partial charge in [0.2, 0.25) is 0 Å². The molecule has 0 saturated heterocycles. The van der Waals surface area contributed by atoms with Crippen molar-refractivity contribution in [3.63, 3.8) is 0 Å². The van der Waals surface area contributed by atoms with E-state index in [9.17, 15) is 0 Å². The van der Waals surface area contributed by atoms with Gasteiger partial charge in [0, 0.05) is 26.2 Å². The molecule has 2 rings (SSSR count). The fourth-order valence-electron chi connectivity index (χ4n) is 2.51. The molecule has 18 heavy (non-hydrogen) atoms. The van der Waals surface area contributed by atoms with Gasteiger partial charge < -0.3 is 10.2 Å². The lowest BCUT2D eigenvalue weighted by Gasteiger charge is -2.24. The highest BCUT2D eigenvalue weighted by molar-refractivity contribution is 5.59. The third-order valence-electron chi connectivity index (χ3n) is 3.82. The Balaban J connectivity index is 2.25. The van der Waals surface area contributed by atoms with Crippen molar-refractivity contribution in [3.8, 4) is 0 Å². The molecule has 0 spiro atoms. The van der Waals surface area contributed by atoms with E-state index in [-0.39, 0.29) is 0 Å². The van der Waals surface area contributed by atoms with Crippen LogP contribution >= 0.6 is 0 Å². The normalized spacial score (nSPS) is 22.1. The Morgan fingerprint density at radius 2 is 2.11 bits per heavy atom. The van der Waals surface area contributed by atoms with Crippen molar-refractivity contribution in [2.45, 2.75) is 33.1 Å². The molecule has 0 aliphatic heterocycles. The smallest absolute Gasteiger partial charge is 0.137 e. The molecule has 1 aromatic heterocycles. The highest BCUT2D eigenvalue weighted by Gasteiger charge is 2.34. The van der Waals surface area contributed by atoms with E-state index in [1.165, 1.54) is 12.0 Å². The zero-order chi connectivity index (χ0) is 13.3. The van der Waals surface area contributed by atoms with Gasteiger partial charge in [0.25, 0.3) is 0 Å².